The molecule has 31 heteroatoms. The minimum atomic E-state index is -5.93. The van der Waals surface area contributed by atoms with E-state index in [4.69, 9.17) is 29.2 Å². The van der Waals surface area contributed by atoms with Crippen LogP contribution in [0.3, 0.4) is 0 Å². The van der Waals surface area contributed by atoms with E-state index in [1.54, 1.807) is 24.3 Å². The Labute approximate surface area is 523 Å². The summed E-state index contributed by atoms with van der Waals surface area (Å²) in [7, 11) is -16.8. The van der Waals surface area contributed by atoms with E-state index < -0.39 is 84.0 Å². The third-order valence-corrected chi connectivity index (χ3v) is 17.3. The molecule has 1 aromatic heterocycles. The molecule has 1 saturated heterocycles. The topological polar surface area (TPSA) is 413 Å². The van der Waals surface area contributed by atoms with Gasteiger partial charge in [-0.3, -0.25) is 44.5 Å². The number of ether oxygens (including phenoxy) is 5. The molecule has 4 aromatic carbocycles. The maximum Gasteiger partial charge on any atom is 0.330 e. The van der Waals surface area contributed by atoms with Crippen molar-refractivity contribution in [1.82, 2.24) is 20.2 Å². The Morgan fingerprint density at radius 2 is 1.70 bits per heavy atom. The average molecular weight is 1320 g/mol. The predicted octanol–water partition coefficient (Wildman–Crippen LogP) is 4.90. The number of hydrogen-bond acceptors (Lipinski definition) is 22. The number of aromatic carboxylic acids is 1. The summed E-state index contributed by atoms with van der Waals surface area (Å²) in [5.41, 5.74) is 12.3. The number of aromatic nitrogens is 2. The van der Waals surface area contributed by atoms with Gasteiger partial charge in [-0.15, -0.1) is 0 Å². The first-order chi connectivity index (χ1) is 42.3. The quantitative estimate of drug-likeness (QED) is 0.00788. The van der Waals surface area contributed by atoms with Crippen LogP contribution in [0.4, 0.5) is 0 Å². The maximum absolute atomic E-state index is 13.8. The van der Waals surface area contributed by atoms with Crippen LogP contribution in [0.25, 0.3) is 22.1 Å². The van der Waals surface area contributed by atoms with E-state index >= 15 is 0 Å². The predicted molar refractivity (Wildman–Crippen MR) is 324 cm³/mol. The van der Waals surface area contributed by atoms with Crippen molar-refractivity contribution in [2.75, 3.05) is 46.1 Å². The number of H-pyrrole nitrogens is 1. The Kier molecular flexibility index (Phi) is 27.2. The van der Waals surface area contributed by atoms with Gasteiger partial charge in [-0.05, 0) is 127 Å². The van der Waals surface area contributed by atoms with E-state index in [-0.39, 0.29) is 107 Å². The monoisotopic (exact) mass is 1320 g/mol. The molecule has 0 saturated carbocycles. The molecule has 1 fully saturated rings. The van der Waals surface area contributed by atoms with Crippen molar-refractivity contribution < 1.29 is 89.5 Å². The fourth-order valence-electron chi connectivity index (χ4n) is 9.42. The number of rotatable bonds is 30. The van der Waals surface area contributed by atoms with Crippen molar-refractivity contribution in [3.05, 3.63) is 171 Å². The molecule has 0 radical (unpaired) electrons. The zero-order chi connectivity index (χ0) is 64.6. The molecule has 0 spiro atoms. The molecule has 4 unspecified atom stereocenters. The van der Waals surface area contributed by atoms with Crippen molar-refractivity contribution in [3.8, 4) is 29.1 Å². The molecule has 91 heavy (non-hydrogen) atoms. The van der Waals surface area contributed by atoms with Crippen LogP contribution >= 0.6 is 23.2 Å². The lowest BCUT2D eigenvalue weighted by molar-refractivity contribution is -0.255. The number of carboxylic acids is 1. The highest BCUT2D eigenvalue weighted by Crippen LogP contribution is 2.62. The van der Waals surface area contributed by atoms with Gasteiger partial charge in [0.15, 0.2) is 12.0 Å². The van der Waals surface area contributed by atoms with Gasteiger partial charge in [0.2, 0.25) is 5.91 Å². The van der Waals surface area contributed by atoms with E-state index in [0.29, 0.717) is 33.4 Å². The number of nitrogens with one attached hydrogen (secondary N) is 3. The molecule has 28 nitrogen and oxygen atoms in total. The SMILES string of the molecule is C.C.[CH2-]P(=O)([O-])OP(=O)([O-])OP(=O)([O-])OC[C@@H]1CC[C@H](n2cc(C#CCNC(=O)COCCOC(COc3cccc(C(=O)NCCCC(=O)c4ccc(C(=O)[O-])c(C5=c6cc(C)/c(=C\CC)cc6Oc6cc(CCC)c(C)cc65)c4)c3)N=[N+]=[N-])c(=O)[nH]c2=O)O1. The zero-order valence-electron chi connectivity index (χ0n) is 48.5. The number of Topliss-reactive ketones (excluding diaryl/α,β-unsaturated/α-hetero) is 1. The number of azide groups is 1. The van der Waals surface area contributed by atoms with Gasteiger partial charge in [-0.1, -0.05) is 76.4 Å². The Bertz CT molecular complexity index is 4040. The molecule has 2 aliphatic heterocycles. The molecular weight excluding hydrogens is 1250 g/mol. The lowest BCUT2D eigenvalue weighted by Gasteiger charge is -2.36. The summed E-state index contributed by atoms with van der Waals surface area (Å²) < 4.78 is 75.9. The smallest absolute Gasteiger partial charge is 0.330 e. The fraction of sp³-hybridized carbons (Fsp3) is 0.383. The summed E-state index contributed by atoms with van der Waals surface area (Å²) in [6, 6.07) is 18.5. The minimum absolute atomic E-state index is 0. The summed E-state index contributed by atoms with van der Waals surface area (Å²) >= 11 is 0. The first-order valence-electron chi connectivity index (χ1n) is 27.7. The number of phosphoric ester groups is 1. The molecule has 0 bridgehead atoms. The van der Waals surface area contributed by atoms with Crippen molar-refractivity contribution in [2.45, 2.75) is 106 Å². The van der Waals surface area contributed by atoms with Crippen LogP contribution in [-0.2, 0) is 52.3 Å². The van der Waals surface area contributed by atoms with Crippen LogP contribution < -0.4 is 61.6 Å². The largest absolute Gasteiger partial charge is 0.802 e. The first-order valence-corrected chi connectivity index (χ1v) is 32.3. The Morgan fingerprint density at radius 3 is 2.42 bits per heavy atom. The van der Waals surface area contributed by atoms with Crippen molar-refractivity contribution in [2.24, 2.45) is 5.11 Å². The highest BCUT2D eigenvalue weighted by atomic mass is 31.3. The van der Waals surface area contributed by atoms with Crippen LogP contribution in [0.15, 0.2) is 87.6 Å². The number of benzene rings is 4. The third-order valence-electron chi connectivity index (χ3n) is 13.4. The summed E-state index contributed by atoms with van der Waals surface area (Å²) in [4.78, 5) is 117. The van der Waals surface area contributed by atoms with E-state index in [1.807, 2.05) is 45.0 Å². The standard InChI is InChI=1S/C58H65N7O21P3.2CH4/c1-6-11-37-29-49-46(25-35(37)3)54(47-26-36(4)38(12-7-2)30-50(47)84-49)45-28-39(17-19-44(45)57(70)71)48(66)16-10-22-61-55(68)40-13-8-15-42(27-40)81-34-52(63-64-59)80-24-23-79-33-51(67)60-21-9-14-41-31-65(58(72)62-56(41)69)53-20-18-43(83-53)32-82-88(75,76)86-89(77,78)85-87(5,73)74;;/h8,11,13,15,17,19,25-31,43,52-53H,5-7,10,12,16,18,20-24,32-34H2,1-4H3,(H,60,67)(H,61,68)(H,70,71)(H,73,74)(H,75,76)(H,77,78)(H,62,69,72);2*1H4/q-1;;/p-4/b37-11-;;/t43-,52?,53+;;/m0../s1. The number of ketones is 1. The van der Waals surface area contributed by atoms with Gasteiger partial charge in [-0.2, -0.15) is 0 Å². The normalized spacial score (nSPS) is 16.4. The lowest BCUT2D eigenvalue weighted by Crippen LogP contribution is -2.34. The van der Waals surface area contributed by atoms with E-state index in [1.165, 1.54) is 18.2 Å². The second kappa shape index (κ2) is 33.5. The van der Waals surface area contributed by atoms with Crippen LogP contribution in [0.2, 0.25) is 0 Å². The van der Waals surface area contributed by atoms with Gasteiger partial charge < -0.3 is 72.3 Å². The molecule has 0 aliphatic carbocycles. The highest BCUT2D eigenvalue weighted by Gasteiger charge is 2.31. The van der Waals surface area contributed by atoms with Crippen LogP contribution in [0.1, 0.15) is 138 Å². The summed E-state index contributed by atoms with van der Waals surface area (Å²) in [5, 5.41) is 23.2. The minimum Gasteiger partial charge on any atom is -0.802 e. The number of amides is 2. The van der Waals surface area contributed by atoms with Gasteiger partial charge in [0.05, 0.1) is 38.4 Å². The van der Waals surface area contributed by atoms with Gasteiger partial charge in [0, 0.05) is 64.7 Å². The summed E-state index contributed by atoms with van der Waals surface area (Å²) in [6.45, 7) is 8.55. The van der Waals surface area contributed by atoms with Crippen molar-refractivity contribution >= 4 is 58.5 Å². The van der Waals surface area contributed by atoms with Gasteiger partial charge in [0.1, 0.15) is 42.3 Å². The first kappa shape index (κ1) is 73.9. The fourth-order valence-corrected chi connectivity index (χ4v) is 12.5. The van der Waals surface area contributed by atoms with E-state index in [9.17, 15) is 62.2 Å². The van der Waals surface area contributed by atoms with E-state index in [2.05, 4.69) is 70.3 Å². The Balaban J connectivity index is 0.00000752. The number of nitrogens with zero attached hydrogens (tertiary/aromatic N) is 4. The number of hydrogen-bond donors (Lipinski definition) is 3. The number of carbonyl (C=O) groups excluding carboxylic acids is 4. The molecular formula is C60H69N7O21P3-5. The zero-order valence-corrected chi connectivity index (χ0v) is 51.2. The van der Waals surface area contributed by atoms with Crippen LogP contribution in [0, 0.1) is 32.4 Å². The molecule has 3 N–H and O–H groups in total. The number of aryl methyl sites for hydroxylation is 3. The van der Waals surface area contributed by atoms with Crippen LogP contribution in [-0.4, -0.2) is 91.6 Å². The third kappa shape index (κ3) is 21.1. The van der Waals surface area contributed by atoms with Gasteiger partial charge in [0.25, 0.3) is 27.1 Å². The number of aromatic amines is 1. The van der Waals surface area contributed by atoms with Crippen LogP contribution in [0.5, 0.6) is 17.2 Å². The van der Waals surface area contributed by atoms with Crippen molar-refractivity contribution in [3.63, 3.8) is 0 Å². The number of carboxylic acid groups (broad SMARTS) is 1. The molecule has 2 aliphatic rings. The second-order valence-corrected chi connectivity index (χ2v) is 24.7. The average Bonchev–Trinajstić information content (AvgIpc) is 1.09. The van der Waals surface area contributed by atoms with Gasteiger partial charge >= 0.3 is 5.69 Å². The van der Waals surface area contributed by atoms with Crippen molar-refractivity contribution in [1.29, 1.82) is 0 Å². The number of fused-ring (bicyclic) bond motifs is 2. The molecule has 3 heterocycles. The summed E-state index contributed by atoms with van der Waals surface area (Å²) in [6.07, 6.45) is 2.86. The van der Waals surface area contributed by atoms with E-state index in [0.717, 1.165) is 51.9 Å². The highest BCUT2D eigenvalue weighted by molar-refractivity contribution is 7.67. The Morgan fingerprint density at radius 1 is 0.934 bits per heavy atom. The Hall–Kier alpha value is -7.82. The number of carbonyl (C=O) groups is 4. The molecule has 6 atom stereocenters. The summed E-state index contributed by atoms with van der Waals surface area (Å²) in [5.74, 6) is 3.71. The second-order valence-electron chi connectivity index (χ2n) is 20.1. The number of phosphoric acid groups is 2. The molecule has 7 rings (SSSR count). The lowest BCUT2D eigenvalue weighted by atomic mass is 9.85. The van der Waals surface area contributed by atoms with Gasteiger partial charge in [-0.25, -0.2) is 9.11 Å². The molecule has 2 amide bonds. The molecule has 5 aromatic rings. The molecule has 490 valence electrons. The maximum atomic E-state index is 13.8.